The van der Waals surface area contributed by atoms with Crippen LogP contribution in [-0.2, 0) is 4.74 Å². The summed E-state index contributed by atoms with van der Waals surface area (Å²) in [5.41, 5.74) is 0.981. The fourth-order valence-electron chi connectivity index (χ4n) is 1.39. The molecule has 17 heavy (non-hydrogen) atoms. The largest absolute Gasteiger partial charge is 0.385 e. The summed E-state index contributed by atoms with van der Waals surface area (Å²) in [6.07, 6.45) is 0.905. The molecule has 0 amide bonds. The van der Waals surface area contributed by atoms with Crippen molar-refractivity contribution >= 4 is 28.3 Å². The Morgan fingerprint density at radius 2 is 2.29 bits per heavy atom. The second-order valence-electron chi connectivity index (χ2n) is 3.42. The van der Waals surface area contributed by atoms with Gasteiger partial charge in [-0.25, -0.2) is 0 Å². The summed E-state index contributed by atoms with van der Waals surface area (Å²) in [6.45, 7) is 1.49. The number of nitriles is 1. The normalized spacial score (nSPS) is 11.4. The topological polar surface area (TPSA) is 45.0 Å². The molecular formula is C12H16BrClN2O. The van der Waals surface area contributed by atoms with Crippen LogP contribution < -0.4 is 5.32 Å². The van der Waals surface area contributed by atoms with Crippen molar-refractivity contribution in [2.75, 3.05) is 20.3 Å². The Morgan fingerprint density at radius 3 is 2.88 bits per heavy atom. The number of hydrogen-bond acceptors (Lipinski definition) is 3. The van der Waals surface area contributed by atoms with E-state index in [0.717, 1.165) is 23.0 Å². The van der Waals surface area contributed by atoms with Crippen molar-refractivity contribution in [3.05, 3.63) is 34.3 Å². The molecule has 0 radical (unpaired) electrons. The van der Waals surface area contributed by atoms with Crippen LogP contribution in [0.15, 0.2) is 28.7 Å². The average Bonchev–Trinajstić information content (AvgIpc) is 2.29. The number of hydrogen-bond donors (Lipinski definition) is 1. The molecule has 0 aliphatic rings. The lowest BCUT2D eigenvalue weighted by Crippen LogP contribution is -2.22. The first-order valence-corrected chi connectivity index (χ1v) is 5.94. The highest BCUT2D eigenvalue weighted by molar-refractivity contribution is 9.10. The molecule has 0 saturated heterocycles. The van der Waals surface area contributed by atoms with Crippen molar-refractivity contribution in [1.29, 1.82) is 5.26 Å². The van der Waals surface area contributed by atoms with Gasteiger partial charge in [-0.05, 0) is 30.7 Å². The number of nitrogens with one attached hydrogen (secondary N) is 1. The third kappa shape index (κ3) is 6.04. The number of nitrogens with zero attached hydrogens (tertiary/aromatic N) is 1. The molecule has 0 aliphatic carbocycles. The summed E-state index contributed by atoms with van der Waals surface area (Å²) in [7, 11) is 1.68. The number of methoxy groups -OCH3 is 1. The lowest BCUT2D eigenvalue weighted by molar-refractivity contribution is 0.194. The van der Waals surface area contributed by atoms with Crippen molar-refractivity contribution in [2.24, 2.45) is 0 Å². The molecule has 0 aromatic heterocycles. The number of rotatable bonds is 6. The molecule has 1 aromatic carbocycles. The fraction of sp³-hybridized carbons (Fsp3) is 0.417. The van der Waals surface area contributed by atoms with Gasteiger partial charge in [0.25, 0.3) is 0 Å². The van der Waals surface area contributed by atoms with Crippen molar-refractivity contribution < 1.29 is 4.74 Å². The van der Waals surface area contributed by atoms with E-state index in [1.165, 1.54) is 0 Å². The first-order chi connectivity index (χ1) is 7.77. The van der Waals surface area contributed by atoms with Gasteiger partial charge < -0.3 is 4.74 Å². The second kappa shape index (κ2) is 9.43. The summed E-state index contributed by atoms with van der Waals surface area (Å²) in [4.78, 5) is 0. The van der Waals surface area contributed by atoms with Gasteiger partial charge in [0.2, 0.25) is 0 Å². The SMILES string of the molecule is COCCCNC(C#N)c1cccc(Br)c1.Cl. The molecular weight excluding hydrogens is 304 g/mol. The van der Waals surface area contributed by atoms with Gasteiger partial charge in [0.15, 0.2) is 0 Å². The average molecular weight is 320 g/mol. The Hall–Kier alpha value is -0.600. The Kier molecular flexibility index (Phi) is 9.10. The Balaban J connectivity index is 0.00000256. The number of ether oxygens (including phenoxy) is 1. The van der Waals surface area contributed by atoms with Gasteiger partial charge in [0.05, 0.1) is 6.07 Å². The van der Waals surface area contributed by atoms with Crippen LogP contribution in [-0.4, -0.2) is 20.3 Å². The zero-order chi connectivity index (χ0) is 11.8. The number of halogens is 2. The third-order valence-electron chi connectivity index (χ3n) is 2.18. The first kappa shape index (κ1) is 16.4. The smallest absolute Gasteiger partial charge is 0.121 e. The molecule has 0 saturated carbocycles. The Bertz CT molecular complexity index is 368. The molecule has 1 aromatic rings. The molecule has 94 valence electrons. The second-order valence-corrected chi connectivity index (χ2v) is 4.33. The van der Waals surface area contributed by atoms with Crippen molar-refractivity contribution in [2.45, 2.75) is 12.5 Å². The molecule has 3 nitrogen and oxygen atoms in total. The maximum Gasteiger partial charge on any atom is 0.121 e. The molecule has 1 N–H and O–H groups in total. The highest BCUT2D eigenvalue weighted by Gasteiger charge is 2.08. The molecule has 1 unspecified atom stereocenters. The summed E-state index contributed by atoms with van der Waals surface area (Å²) in [5, 5.41) is 12.3. The van der Waals surface area contributed by atoms with Crippen LogP contribution in [0.4, 0.5) is 0 Å². The van der Waals surface area contributed by atoms with Crippen molar-refractivity contribution in [3.8, 4) is 6.07 Å². The van der Waals surface area contributed by atoms with E-state index in [9.17, 15) is 0 Å². The molecule has 0 aliphatic heterocycles. The summed E-state index contributed by atoms with van der Waals surface area (Å²) >= 11 is 3.40. The van der Waals surface area contributed by atoms with E-state index in [0.29, 0.717) is 6.61 Å². The highest BCUT2D eigenvalue weighted by Crippen LogP contribution is 2.17. The molecule has 5 heteroatoms. The van der Waals surface area contributed by atoms with E-state index in [-0.39, 0.29) is 18.4 Å². The zero-order valence-corrected chi connectivity index (χ0v) is 12.1. The molecule has 0 bridgehead atoms. The van der Waals surface area contributed by atoms with E-state index >= 15 is 0 Å². The van der Waals surface area contributed by atoms with Crippen LogP contribution >= 0.6 is 28.3 Å². The summed E-state index contributed by atoms with van der Waals surface area (Å²) < 4.78 is 5.94. The Morgan fingerprint density at radius 1 is 1.53 bits per heavy atom. The third-order valence-corrected chi connectivity index (χ3v) is 2.68. The zero-order valence-electron chi connectivity index (χ0n) is 9.65. The van der Waals surface area contributed by atoms with Gasteiger partial charge in [-0.1, -0.05) is 28.1 Å². The lowest BCUT2D eigenvalue weighted by Gasteiger charge is -2.11. The van der Waals surface area contributed by atoms with Crippen molar-refractivity contribution in [1.82, 2.24) is 5.32 Å². The minimum Gasteiger partial charge on any atom is -0.385 e. The first-order valence-electron chi connectivity index (χ1n) is 5.15. The minimum absolute atomic E-state index is 0. The van der Waals surface area contributed by atoms with Crippen molar-refractivity contribution in [3.63, 3.8) is 0 Å². The van der Waals surface area contributed by atoms with Gasteiger partial charge in [0, 0.05) is 18.2 Å². The highest BCUT2D eigenvalue weighted by atomic mass is 79.9. The molecule has 0 heterocycles. The maximum atomic E-state index is 9.07. The van der Waals surface area contributed by atoms with Gasteiger partial charge in [-0.2, -0.15) is 5.26 Å². The van der Waals surface area contributed by atoms with Crippen LogP contribution in [0, 0.1) is 11.3 Å². The molecule has 0 fully saturated rings. The maximum absolute atomic E-state index is 9.07. The van der Waals surface area contributed by atoms with Gasteiger partial charge >= 0.3 is 0 Å². The molecule has 0 spiro atoms. The summed E-state index contributed by atoms with van der Waals surface area (Å²) in [5.74, 6) is 0. The van der Waals surface area contributed by atoms with E-state index in [2.05, 4.69) is 27.3 Å². The predicted molar refractivity (Wildman–Crippen MR) is 74.2 cm³/mol. The van der Waals surface area contributed by atoms with Gasteiger partial charge in [-0.15, -0.1) is 12.4 Å². The van der Waals surface area contributed by atoms with E-state index in [1.54, 1.807) is 7.11 Å². The van der Waals surface area contributed by atoms with Crippen LogP contribution in [0.5, 0.6) is 0 Å². The van der Waals surface area contributed by atoms with Gasteiger partial charge in [0.1, 0.15) is 6.04 Å². The standard InChI is InChI=1S/C12H15BrN2O.ClH/c1-16-7-3-6-15-12(9-14)10-4-2-5-11(13)8-10;/h2,4-5,8,12,15H,3,6-7H2,1H3;1H. The quantitative estimate of drug-likeness (QED) is 0.820. The monoisotopic (exact) mass is 318 g/mol. The molecule has 1 rings (SSSR count). The lowest BCUT2D eigenvalue weighted by atomic mass is 10.1. The summed E-state index contributed by atoms with van der Waals surface area (Å²) in [6, 6.07) is 9.77. The minimum atomic E-state index is -0.255. The van der Waals surface area contributed by atoms with Crippen LogP contribution in [0.1, 0.15) is 18.0 Å². The van der Waals surface area contributed by atoms with Crippen LogP contribution in [0.3, 0.4) is 0 Å². The predicted octanol–water partition coefficient (Wildman–Crippen LogP) is 3.06. The Labute approximate surface area is 117 Å². The number of benzene rings is 1. The van der Waals surface area contributed by atoms with E-state index in [4.69, 9.17) is 10.00 Å². The van der Waals surface area contributed by atoms with Crippen LogP contribution in [0.2, 0.25) is 0 Å². The van der Waals surface area contributed by atoms with E-state index in [1.807, 2.05) is 24.3 Å². The molecule has 1 atom stereocenters. The van der Waals surface area contributed by atoms with Crippen LogP contribution in [0.25, 0.3) is 0 Å². The van der Waals surface area contributed by atoms with Gasteiger partial charge in [-0.3, -0.25) is 5.32 Å². The van der Waals surface area contributed by atoms with E-state index < -0.39 is 0 Å². The fourth-order valence-corrected chi connectivity index (χ4v) is 1.80.